The lowest BCUT2D eigenvalue weighted by Gasteiger charge is -2.17. The number of aliphatic hydroxyl groups excluding tert-OH is 1. The standard InChI is InChI=1S/C12H15F2NO/c1-3-12(13,14)10-6-4-5-9(7-10)11(8-16)15-2/h3-7,11,15-16H,1,8H2,2H3. The molecule has 4 heteroatoms. The van der Waals surface area contributed by atoms with Gasteiger partial charge >= 0.3 is 0 Å². The zero-order valence-corrected chi connectivity index (χ0v) is 9.08. The van der Waals surface area contributed by atoms with Crippen molar-refractivity contribution in [2.75, 3.05) is 13.7 Å². The highest BCUT2D eigenvalue weighted by Gasteiger charge is 2.27. The lowest BCUT2D eigenvalue weighted by Crippen LogP contribution is -2.20. The van der Waals surface area contributed by atoms with Crippen LogP contribution in [0.15, 0.2) is 36.9 Å². The van der Waals surface area contributed by atoms with Gasteiger partial charge in [-0.15, -0.1) is 0 Å². The van der Waals surface area contributed by atoms with Crippen LogP contribution in [0.3, 0.4) is 0 Å². The zero-order chi connectivity index (χ0) is 12.2. The molecule has 1 aromatic carbocycles. The third kappa shape index (κ3) is 2.65. The molecule has 0 heterocycles. The zero-order valence-electron chi connectivity index (χ0n) is 9.08. The molecule has 0 spiro atoms. The average Bonchev–Trinajstić information content (AvgIpc) is 2.31. The number of nitrogens with one attached hydrogen (secondary N) is 1. The first-order valence-electron chi connectivity index (χ1n) is 4.95. The molecule has 0 aliphatic carbocycles. The van der Waals surface area contributed by atoms with E-state index in [2.05, 4.69) is 11.9 Å². The van der Waals surface area contributed by atoms with E-state index in [4.69, 9.17) is 5.11 Å². The number of benzene rings is 1. The Morgan fingerprint density at radius 1 is 1.56 bits per heavy atom. The van der Waals surface area contributed by atoms with Crippen LogP contribution in [0.25, 0.3) is 0 Å². The van der Waals surface area contributed by atoms with Crippen molar-refractivity contribution in [3.63, 3.8) is 0 Å². The van der Waals surface area contributed by atoms with Gasteiger partial charge in [0, 0.05) is 5.56 Å². The maximum absolute atomic E-state index is 13.3. The molecule has 0 bridgehead atoms. The number of halogens is 2. The van der Waals surface area contributed by atoms with Gasteiger partial charge in [-0.2, -0.15) is 8.78 Å². The summed E-state index contributed by atoms with van der Waals surface area (Å²) in [5.41, 5.74) is 0.512. The molecule has 0 amide bonds. The Hall–Kier alpha value is -1.26. The number of aliphatic hydroxyl groups is 1. The second-order valence-corrected chi connectivity index (χ2v) is 3.48. The van der Waals surface area contributed by atoms with Crippen molar-refractivity contribution < 1.29 is 13.9 Å². The summed E-state index contributed by atoms with van der Waals surface area (Å²) in [6.07, 6.45) is 0.611. The van der Waals surface area contributed by atoms with Crippen molar-refractivity contribution in [3.8, 4) is 0 Å². The summed E-state index contributed by atoms with van der Waals surface area (Å²) >= 11 is 0. The first-order chi connectivity index (χ1) is 7.55. The molecule has 1 aromatic rings. The highest BCUT2D eigenvalue weighted by Crippen LogP contribution is 2.30. The lowest BCUT2D eigenvalue weighted by molar-refractivity contribution is 0.0524. The van der Waals surface area contributed by atoms with E-state index < -0.39 is 5.92 Å². The van der Waals surface area contributed by atoms with Crippen LogP contribution < -0.4 is 5.32 Å². The van der Waals surface area contributed by atoms with Gasteiger partial charge in [-0.05, 0) is 24.8 Å². The fourth-order valence-corrected chi connectivity index (χ4v) is 1.44. The molecule has 0 saturated carbocycles. The summed E-state index contributed by atoms with van der Waals surface area (Å²) in [5.74, 6) is -3.04. The van der Waals surface area contributed by atoms with E-state index in [1.807, 2.05) is 0 Å². The largest absolute Gasteiger partial charge is 0.394 e. The summed E-state index contributed by atoms with van der Waals surface area (Å²) in [6.45, 7) is 2.97. The van der Waals surface area contributed by atoms with Crippen LogP contribution in [0.2, 0.25) is 0 Å². The number of alkyl halides is 2. The van der Waals surface area contributed by atoms with Crippen LogP contribution in [-0.2, 0) is 5.92 Å². The van der Waals surface area contributed by atoms with E-state index in [0.29, 0.717) is 11.6 Å². The molecule has 88 valence electrons. The van der Waals surface area contributed by atoms with Gasteiger partial charge in [0.25, 0.3) is 5.92 Å². The van der Waals surface area contributed by atoms with Gasteiger partial charge in [-0.25, -0.2) is 0 Å². The summed E-state index contributed by atoms with van der Waals surface area (Å²) < 4.78 is 26.7. The minimum atomic E-state index is -3.04. The molecule has 16 heavy (non-hydrogen) atoms. The Morgan fingerprint density at radius 3 is 2.75 bits per heavy atom. The molecular weight excluding hydrogens is 212 g/mol. The number of hydrogen-bond donors (Lipinski definition) is 2. The van der Waals surface area contributed by atoms with Crippen LogP contribution in [0.4, 0.5) is 8.78 Å². The second kappa shape index (κ2) is 5.18. The first kappa shape index (κ1) is 12.8. The summed E-state index contributed by atoms with van der Waals surface area (Å²) in [7, 11) is 1.67. The number of rotatable bonds is 5. The Balaban J connectivity index is 3.08. The van der Waals surface area contributed by atoms with Crippen molar-refractivity contribution in [3.05, 3.63) is 48.0 Å². The third-order valence-corrected chi connectivity index (χ3v) is 2.46. The first-order valence-corrected chi connectivity index (χ1v) is 4.95. The highest BCUT2D eigenvalue weighted by molar-refractivity contribution is 5.31. The van der Waals surface area contributed by atoms with Gasteiger partial charge in [-0.1, -0.05) is 24.8 Å². The number of allylic oxidation sites excluding steroid dienone is 1. The fraction of sp³-hybridized carbons (Fsp3) is 0.333. The fourth-order valence-electron chi connectivity index (χ4n) is 1.44. The van der Waals surface area contributed by atoms with Gasteiger partial charge < -0.3 is 10.4 Å². The Bertz CT molecular complexity index is 362. The normalized spacial score (nSPS) is 13.5. The Morgan fingerprint density at radius 2 is 2.25 bits per heavy atom. The molecule has 1 rings (SSSR count). The molecular formula is C12H15F2NO. The Labute approximate surface area is 93.6 Å². The predicted octanol–water partition coefficient (Wildman–Crippen LogP) is 2.22. The third-order valence-electron chi connectivity index (χ3n) is 2.46. The molecule has 0 saturated heterocycles. The topological polar surface area (TPSA) is 32.3 Å². The van der Waals surface area contributed by atoms with E-state index >= 15 is 0 Å². The van der Waals surface area contributed by atoms with Gasteiger partial charge in [0.05, 0.1) is 12.6 Å². The maximum atomic E-state index is 13.3. The molecule has 0 aromatic heterocycles. The van der Waals surface area contributed by atoms with E-state index in [0.717, 1.165) is 0 Å². The van der Waals surface area contributed by atoms with Crippen LogP contribution in [0, 0.1) is 0 Å². The second-order valence-electron chi connectivity index (χ2n) is 3.48. The van der Waals surface area contributed by atoms with Crippen LogP contribution in [0.1, 0.15) is 17.2 Å². The minimum Gasteiger partial charge on any atom is -0.394 e. The van der Waals surface area contributed by atoms with Crippen molar-refractivity contribution in [1.29, 1.82) is 0 Å². The summed E-state index contributed by atoms with van der Waals surface area (Å²) in [5, 5.41) is 11.9. The molecule has 1 unspecified atom stereocenters. The summed E-state index contributed by atoms with van der Waals surface area (Å²) in [4.78, 5) is 0. The van der Waals surface area contributed by atoms with Crippen molar-refractivity contribution in [2.24, 2.45) is 0 Å². The predicted molar refractivity (Wildman–Crippen MR) is 59.4 cm³/mol. The molecule has 0 aliphatic rings. The van der Waals surface area contributed by atoms with Gasteiger partial charge in [0.2, 0.25) is 0 Å². The smallest absolute Gasteiger partial charge is 0.291 e. The number of hydrogen-bond acceptors (Lipinski definition) is 2. The van der Waals surface area contributed by atoms with E-state index in [-0.39, 0.29) is 18.2 Å². The SMILES string of the molecule is C=CC(F)(F)c1cccc(C(CO)NC)c1. The molecule has 1 atom stereocenters. The van der Waals surface area contributed by atoms with Crippen LogP contribution in [-0.4, -0.2) is 18.8 Å². The molecule has 2 nitrogen and oxygen atoms in total. The molecule has 2 N–H and O–H groups in total. The lowest BCUT2D eigenvalue weighted by atomic mass is 10.0. The summed E-state index contributed by atoms with van der Waals surface area (Å²) in [6, 6.07) is 5.62. The van der Waals surface area contributed by atoms with Crippen molar-refractivity contribution >= 4 is 0 Å². The van der Waals surface area contributed by atoms with Crippen LogP contribution in [0.5, 0.6) is 0 Å². The van der Waals surface area contributed by atoms with Gasteiger partial charge in [0.15, 0.2) is 0 Å². The average molecular weight is 227 g/mol. The highest BCUT2D eigenvalue weighted by atomic mass is 19.3. The molecule has 0 aliphatic heterocycles. The van der Waals surface area contributed by atoms with Crippen LogP contribution >= 0.6 is 0 Å². The quantitative estimate of drug-likeness (QED) is 0.756. The minimum absolute atomic E-state index is 0.117. The maximum Gasteiger partial charge on any atom is 0.291 e. The van der Waals surface area contributed by atoms with Gasteiger partial charge in [-0.3, -0.25) is 0 Å². The Kier molecular flexibility index (Phi) is 4.15. The monoisotopic (exact) mass is 227 g/mol. The van der Waals surface area contributed by atoms with Gasteiger partial charge in [0.1, 0.15) is 0 Å². The van der Waals surface area contributed by atoms with Crippen molar-refractivity contribution in [1.82, 2.24) is 5.32 Å². The van der Waals surface area contributed by atoms with Crippen molar-refractivity contribution in [2.45, 2.75) is 12.0 Å². The number of likely N-dealkylation sites (N-methyl/N-ethyl adjacent to an activating group) is 1. The van der Waals surface area contributed by atoms with E-state index in [1.54, 1.807) is 19.2 Å². The molecule has 0 fully saturated rings. The molecule has 0 radical (unpaired) electrons. The van der Waals surface area contributed by atoms with E-state index in [9.17, 15) is 8.78 Å². The van der Waals surface area contributed by atoms with E-state index in [1.165, 1.54) is 12.1 Å².